The van der Waals surface area contributed by atoms with Crippen molar-refractivity contribution < 1.29 is 4.79 Å². The van der Waals surface area contributed by atoms with E-state index in [1.165, 1.54) is 32.1 Å². The van der Waals surface area contributed by atoms with E-state index >= 15 is 0 Å². The van der Waals surface area contributed by atoms with Crippen molar-refractivity contribution in [1.82, 2.24) is 4.90 Å². The number of hydrogen-bond acceptors (Lipinski definition) is 2. The zero-order chi connectivity index (χ0) is 11.1. The fourth-order valence-electron chi connectivity index (χ4n) is 2.43. The Kier molecular flexibility index (Phi) is 5.69. The van der Waals surface area contributed by atoms with Crippen LogP contribution in [-0.4, -0.2) is 29.9 Å². The van der Waals surface area contributed by atoms with Gasteiger partial charge in [0.25, 0.3) is 0 Å². The van der Waals surface area contributed by atoms with Gasteiger partial charge in [-0.2, -0.15) is 0 Å². The third-order valence-electron chi connectivity index (χ3n) is 3.27. The Hall–Kier alpha value is -0.570. The summed E-state index contributed by atoms with van der Waals surface area (Å²) < 4.78 is 0. The Morgan fingerprint density at radius 2 is 2.00 bits per heavy atom. The van der Waals surface area contributed by atoms with Crippen molar-refractivity contribution in [2.75, 3.05) is 13.1 Å². The highest BCUT2D eigenvalue weighted by Gasteiger charge is 2.23. The van der Waals surface area contributed by atoms with E-state index in [1.54, 1.807) is 0 Å². The maximum Gasteiger partial charge on any atom is 0.222 e. The number of carbonyl (C=O) groups is 1. The molecule has 0 spiro atoms. The Morgan fingerprint density at radius 3 is 2.53 bits per heavy atom. The molecule has 0 aliphatic heterocycles. The highest BCUT2D eigenvalue weighted by molar-refractivity contribution is 5.76. The van der Waals surface area contributed by atoms with E-state index in [2.05, 4.69) is 11.8 Å². The zero-order valence-corrected chi connectivity index (χ0v) is 9.87. The van der Waals surface area contributed by atoms with Gasteiger partial charge in [0.05, 0.1) is 0 Å². The largest absolute Gasteiger partial charge is 0.340 e. The van der Waals surface area contributed by atoms with Crippen LogP contribution in [0.15, 0.2) is 0 Å². The zero-order valence-electron chi connectivity index (χ0n) is 9.87. The lowest BCUT2D eigenvalue weighted by Gasteiger charge is -2.33. The van der Waals surface area contributed by atoms with Gasteiger partial charge in [-0.05, 0) is 32.7 Å². The molecule has 0 unspecified atom stereocenters. The van der Waals surface area contributed by atoms with Crippen LogP contribution >= 0.6 is 0 Å². The Bertz CT molecular complexity index is 188. The van der Waals surface area contributed by atoms with Crippen molar-refractivity contribution in [3.05, 3.63) is 0 Å². The van der Waals surface area contributed by atoms with Gasteiger partial charge in [0.2, 0.25) is 5.91 Å². The average Bonchev–Trinajstić information content (AvgIpc) is 2.29. The Morgan fingerprint density at radius 1 is 1.33 bits per heavy atom. The van der Waals surface area contributed by atoms with E-state index in [1.807, 2.05) is 0 Å². The fourth-order valence-corrected chi connectivity index (χ4v) is 2.43. The van der Waals surface area contributed by atoms with Gasteiger partial charge in [0.1, 0.15) is 0 Å². The molecule has 0 heterocycles. The van der Waals surface area contributed by atoms with Crippen LogP contribution in [0, 0.1) is 0 Å². The molecule has 2 N–H and O–H groups in total. The minimum Gasteiger partial charge on any atom is -0.340 e. The smallest absolute Gasteiger partial charge is 0.222 e. The maximum atomic E-state index is 11.9. The molecule has 1 rings (SSSR count). The first kappa shape index (κ1) is 12.5. The van der Waals surface area contributed by atoms with Crippen LogP contribution < -0.4 is 5.73 Å². The monoisotopic (exact) mass is 212 g/mol. The van der Waals surface area contributed by atoms with E-state index in [4.69, 9.17) is 5.73 Å². The van der Waals surface area contributed by atoms with Crippen LogP contribution in [0.3, 0.4) is 0 Å². The van der Waals surface area contributed by atoms with E-state index in [9.17, 15) is 4.79 Å². The first-order valence-electron chi connectivity index (χ1n) is 6.29. The Labute approximate surface area is 93.0 Å². The summed E-state index contributed by atoms with van der Waals surface area (Å²) in [6.45, 7) is 3.55. The van der Waals surface area contributed by atoms with Gasteiger partial charge >= 0.3 is 0 Å². The molecule has 0 saturated heterocycles. The van der Waals surface area contributed by atoms with E-state index in [-0.39, 0.29) is 0 Å². The van der Waals surface area contributed by atoms with E-state index in [0.717, 1.165) is 13.0 Å². The molecule has 1 aliphatic carbocycles. The average molecular weight is 212 g/mol. The number of amides is 1. The van der Waals surface area contributed by atoms with Gasteiger partial charge in [-0.25, -0.2) is 0 Å². The third-order valence-corrected chi connectivity index (χ3v) is 3.27. The summed E-state index contributed by atoms with van der Waals surface area (Å²) >= 11 is 0. The SMILES string of the molecule is CCN(C(=O)CCCN)C1CCCCC1. The van der Waals surface area contributed by atoms with E-state index in [0.29, 0.717) is 24.9 Å². The molecule has 0 radical (unpaired) electrons. The molecule has 3 heteroatoms. The Balaban J connectivity index is 2.41. The highest BCUT2D eigenvalue weighted by atomic mass is 16.2. The molecule has 0 aromatic rings. The van der Waals surface area contributed by atoms with Crippen molar-refractivity contribution in [3.8, 4) is 0 Å². The van der Waals surface area contributed by atoms with Crippen molar-refractivity contribution >= 4 is 5.91 Å². The summed E-state index contributed by atoms with van der Waals surface area (Å²) in [5, 5.41) is 0. The molecular weight excluding hydrogens is 188 g/mol. The van der Waals surface area contributed by atoms with E-state index < -0.39 is 0 Å². The molecule has 1 aliphatic rings. The van der Waals surface area contributed by atoms with Crippen molar-refractivity contribution in [2.24, 2.45) is 5.73 Å². The minimum atomic E-state index is 0.301. The van der Waals surface area contributed by atoms with Crippen LogP contribution in [0.25, 0.3) is 0 Å². The van der Waals surface area contributed by atoms with Gasteiger partial charge in [-0.3, -0.25) is 4.79 Å². The second-order valence-corrected chi connectivity index (χ2v) is 4.36. The van der Waals surface area contributed by atoms with Gasteiger partial charge in [0, 0.05) is 19.0 Å². The first-order valence-corrected chi connectivity index (χ1v) is 6.29. The number of rotatable bonds is 5. The molecular formula is C12H24N2O. The molecule has 3 nitrogen and oxygen atoms in total. The molecule has 0 bridgehead atoms. The first-order chi connectivity index (χ1) is 7.29. The number of nitrogens with two attached hydrogens (primary N) is 1. The quantitative estimate of drug-likeness (QED) is 0.756. The van der Waals surface area contributed by atoms with Crippen molar-refractivity contribution in [3.63, 3.8) is 0 Å². The van der Waals surface area contributed by atoms with Crippen LogP contribution in [-0.2, 0) is 4.79 Å². The molecule has 1 saturated carbocycles. The van der Waals surface area contributed by atoms with Gasteiger partial charge < -0.3 is 10.6 Å². The fraction of sp³-hybridized carbons (Fsp3) is 0.917. The van der Waals surface area contributed by atoms with Crippen molar-refractivity contribution in [2.45, 2.75) is 57.9 Å². The molecule has 88 valence electrons. The van der Waals surface area contributed by atoms with Crippen molar-refractivity contribution in [1.29, 1.82) is 0 Å². The lowest BCUT2D eigenvalue weighted by Crippen LogP contribution is -2.41. The third kappa shape index (κ3) is 3.82. The van der Waals surface area contributed by atoms with Crippen LogP contribution in [0.4, 0.5) is 0 Å². The normalized spacial score (nSPS) is 17.7. The second-order valence-electron chi connectivity index (χ2n) is 4.36. The number of carbonyl (C=O) groups excluding carboxylic acids is 1. The molecule has 0 aromatic heterocycles. The van der Waals surface area contributed by atoms with Crippen LogP contribution in [0.5, 0.6) is 0 Å². The summed E-state index contributed by atoms with van der Waals surface area (Å²) in [7, 11) is 0. The summed E-state index contributed by atoms with van der Waals surface area (Å²) in [5.74, 6) is 0.301. The molecule has 15 heavy (non-hydrogen) atoms. The predicted molar refractivity (Wildman–Crippen MR) is 62.5 cm³/mol. The second kappa shape index (κ2) is 6.83. The summed E-state index contributed by atoms with van der Waals surface area (Å²) in [6, 6.07) is 0.508. The highest BCUT2D eigenvalue weighted by Crippen LogP contribution is 2.23. The van der Waals surface area contributed by atoms with Gasteiger partial charge in [-0.1, -0.05) is 19.3 Å². The minimum absolute atomic E-state index is 0.301. The lowest BCUT2D eigenvalue weighted by atomic mass is 9.94. The maximum absolute atomic E-state index is 11.9. The molecule has 1 amide bonds. The van der Waals surface area contributed by atoms with Gasteiger partial charge in [0.15, 0.2) is 0 Å². The summed E-state index contributed by atoms with van der Waals surface area (Å²) in [5.41, 5.74) is 5.43. The number of nitrogens with zero attached hydrogens (tertiary/aromatic N) is 1. The topological polar surface area (TPSA) is 46.3 Å². The summed E-state index contributed by atoms with van der Waals surface area (Å²) in [4.78, 5) is 14.0. The molecule has 0 atom stereocenters. The van der Waals surface area contributed by atoms with Crippen LogP contribution in [0.1, 0.15) is 51.9 Å². The summed E-state index contributed by atoms with van der Waals surface area (Å²) in [6.07, 6.45) is 7.75. The predicted octanol–water partition coefficient (Wildman–Crippen LogP) is 1.91. The lowest BCUT2D eigenvalue weighted by molar-refractivity contribution is -0.134. The molecule has 0 aromatic carbocycles. The van der Waals surface area contributed by atoms with Gasteiger partial charge in [-0.15, -0.1) is 0 Å². The standard InChI is InChI=1S/C12H24N2O/c1-2-14(12(15)9-6-10-13)11-7-4-3-5-8-11/h11H,2-10,13H2,1H3. The van der Waals surface area contributed by atoms with Crippen LogP contribution in [0.2, 0.25) is 0 Å². The number of hydrogen-bond donors (Lipinski definition) is 1. The molecule has 1 fully saturated rings.